The maximum atomic E-state index is 12.3. The molecule has 1 saturated carbocycles. The molecular weight excluding hydrogens is 436 g/mol. The van der Waals surface area contributed by atoms with E-state index in [4.69, 9.17) is 5.11 Å². The molecule has 2 rings (SSSR count). The van der Waals surface area contributed by atoms with Gasteiger partial charge in [-0.25, -0.2) is 0 Å². The molecule has 0 spiro atoms. The summed E-state index contributed by atoms with van der Waals surface area (Å²) >= 11 is -0.925. The van der Waals surface area contributed by atoms with E-state index in [1.807, 2.05) is 31.2 Å². The summed E-state index contributed by atoms with van der Waals surface area (Å²) in [5.74, 6) is 0.0491. The molecule has 33 heavy (non-hydrogen) atoms. The lowest BCUT2D eigenvalue weighted by atomic mass is 9.86. The first-order valence-electron chi connectivity index (χ1n) is 12.4. The van der Waals surface area contributed by atoms with Crippen molar-refractivity contribution in [1.29, 1.82) is 0 Å². The van der Waals surface area contributed by atoms with Crippen LogP contribution >= 0.6 is 0 Å². The Labute approximate surface area is 201 Å². The van der Waals surface area contributed by atoms with Gasteiger partial charge in [-0.3, -0.25) is 9.59 Å². The molecule has 0 saturated heterocycles. The zero-order valence-electron chi connectivity index (χ0n) is 19.9. The summed E-state index contributed by atoms with van der Waals surface area (Å²) in [5.41, 5.74) is 1.18. The average Bonchev–Trinajstić information content (AvgIpc) is 3.04. The van der Waals surface area contributed by atoms with Crippen molar-refractivity contribution in [3.63, 3.8) is 0 Å². The van der Waals surface area contributed by atoms with Gasteiger partial charge in [-0.2, -0.15) is 0 Å². The number of carbonyl (C=O) groups excluding carboxylic acids is 1. The number of benzene rings is 1. The highest BCUT2D eigenvalue weighted by Crippen LogP contribution is 2.35. The molecule has 6 heteroatoms. The van der Waals surface area contributed by atoms with E-state index in [1.165, 1.54) is 5.56 Å². The minimum absolute atomic E-state index is 0.00435. The smallest absolute Gasteiger partial charge is 0.303 e. The molecule has 184 valence electrons. The summed E-state index contributed by atoms with van der Waals surface area (Å²) in [6.07, 6.45) is 13.1. The number of aliphatic carboxylic acids is 1. The van der Waals surface area contributed by atoms with Crippen LogP contribution in [-0.2, 0) is 20.8 Å². The van der Waals surface area contributed by atoms with Gasteiger partial charge >= 0.3 is 5.97 Å². The number of carboxylic acids is 1. The topological polar surface area (TPSA) is 97.7 Å². The number of rotatable bonds is 16. The van der Waals surface area contributed by atoms with Crippen LogP contribution in [0.25, 0.3) is 0 Å². The standard InChI is InChI=1S/C27H40O5S/c1-21-15-17-22(18-16-21)33(32)19-11-7-3-2-4-8-12-23-24(26(29)20-25(23)28)13-9-5-6-10-14-27(30)31/h4,8,15-18,23-25,28H,2-3,5-7,9-14,19-20H2,1H3,(H,30,31)/b8-4+/t23-,24-,25-,33?/m1/s1. The highest BCUT2D eigenvalue weighted by Gasteiger charge is 2.39. The molecule has 0 radical (unpaired) electrons. The number of Topliss-reactive ketones (excluding diaryl/α,β-unsaturated/α-hetero) is 1. The van der Waals surface area contributed by atoms with Crippen LogP contribution in [0.4, 0.5) is 0 Å². The number of hydrogen-bond donors (Lipinski definition) is 2. The lowest BCUT2D eigenvalue weighted by Crippen LogP contribution is -2.20. The predicted octanol–water partition coefficient (Wildman–Crippen LogP) is 5.60. The molecule has 1 aliphatic rings. The summed E-state index contributed by atoms with van der Waals surface area (Å²) in [5, 5.41) is 19.0. The second-order valence-electron chi connectivity index (χ2n) is 9.27. The summed E-state index contributed by atoms with van der Waals surface area (Å²) in [6, 6.07) is 7.89. The van der Waals surface area contributed by atoms with Gasteiger partial charge in [0.15, 0.2) is 4.90 Å². The van der Waals surface area contributed by atoms with E-state index >= 15 is 0 Å². The third-order valence-corrected chi connectivity index (χ3v) is 8.01. The lowest BCUT2D eigenvalue weighted by molar-refractivity contribution is -0.137. The Morgan fingerprint density at radius 2 is 1.76 bits per heavy atom. The number of carbonyl (C=O) groups is 2. The zero-order valence-corrected chi connectivity index (χ0v) is 20.7. The van der Waals surface area contributed by atoms with Gasteiger partial charge in [0, 0.05) is 18.8 Å². The molecule has 5 nitrogen and oxygen atoms in total. The number of aliphatic hydroxyl groups is 1. The van der Waals surface area contributed by atoms with E-state index in [-0.39, 0.29) is 30.5 Å². The zero-order chi connectivity index (χ0) is 24.1. The fourth-order valence-corrected chi connectivity index (χ4v) is 5.70. The Morgan fingerprint density at radius 3 is 2.48 bits per heavy atom. The van der Waals surface area contributed by atoms with E-state index in [1.54, 1.807) is 0 Å². The van der Waals surface area contributed by atoms with Crippen LogP contribution in [0.3, 0.4) is 0 Å². The molecular formula is C27H40O5S. The molecule has 1 unspecified atom stereocenters. The molecule has 0 bridgehead atoms. The van der Waals surface area contributed by atoms with E-state index in [2.05, 4.69) is 12.2 Å². The van der Waals surface area contributed by atoms with E-state index < -0.39 is 23.2 Å². The second kappa shape index (κ2) is 15.3. The first kappa shape index (κ1) is 27.6. The second-order valence-corrected chi connectivity index (χ2v) is 10.8. The number of unbranched alkanes of at least 4 members (excludes halogenated alkanes) is 6. The molecule has 0 heterocycles. The molecule has 0 aliphatic heterocycles. The molecule has 0 aromatic heterocycles. The van der Waals surface area contributed by atoms with Crippen LogP contribution < -0.4 is 0 Å². The van der Waals surface area contributed by atoms with Crippen molar-refractivity contribution in [3.8, 4) is 0 Å². The lowest BCUT2D eigenvalue weighted by Gasteiger charge is -2.19. The first-order chi connectivity index (χ1) is 15.9. The minimum Gasteiger partial charge on any atom is -0.611 e. The average molecular weight is 477 g/mol. The summed E-state index contributed by atoms with van der Waals surface area (Å²) in [6.45, 7) is 2.03. The van der Waals surface area contributed by atoms with Crippen molar-refractivity contribution in [2.75, 3.05) is 5.75 Å². The van der Waals surface area contributed by atoms with E-state index in [0.29, 0.717) is 12.2 Å². The van der Waals surface area contributed by atoms with Gasteiger partial charge in [0.2, 0.25) is 0 Å². The Balaban J connectivity index is 1.59. The molecule has 0 amide bonds. The van der Waals surface area contributed by atoms with Gasteiger partial charge in [0.05, 0.1) is 6.10 Å². The molecule has 1 aromatic rings. The van der Waals surface area contributed by atoms with E-state index in [9.17, 15) is 19.2 Å². The largest absolute Gasteiger partial charge is 0.611 e. The van der Waals surface area contributed by atoms with Crippen molar-refractivity contribution >= 4 is 22.9 Å². The molecule has 1 fully saturated rings. The quantitative estimate of drug-likeness (QED) is 0.184. The SMILES string of the molecule is Cc1ccc([S+]([O-])CCCCC/C=C/C[C@H]2[C@H](O)CC(=O)[C@@H]2CCCCCCC(=O)O)cc1. The van der Waals surface area contributed by atoms with Crippen LogP contribution in [0.15, 0.2) is 41.3 Å². The highest BCUT2D eigenvalue weighted by atomic mass is 32.2. The van der Waals surface area contributed by atoms with Crippen LogP contribution in [0.1, 0.15) is 82.6 Å². The van der Waals surface area contributed by atoms with Gasteiger partial charge in [-0.05, 0) is 81.1 Å². The number of ketones is 1. The van der Waals surface area contributed by atoms with Crippen LogP contribution in [0.5, 0.6) is 0 Å². The van der Waals surface area contributed by atoms with Gasteiger partial charge < -0.3 is 14.8 Å². The fraction of sp³-hybridized carbons (Fsp3) is 0.630. The van der Waals surface area contributed by atoms with Crippen molar-refractivity contribution in [1.82, 2.24) is 0 Å². The predicted molar refractivity (Wildman–Crippen MR) is 133 cm³/mol. The van der Waals surface area contributed by atoms with Crippen LogP contribution in [-0.4, -0.2) is 38.4 Å². The van der Waals surface area contributed by atoms with Crippen molar-refractivity contribution in [2.24, 2.45) is 11.8 Å². The third-order valence-electron chi connectivity index (χ3n) is 6.55. The van der Waals surface area contributed by atoms with Crippen LogP contribution in [0.2, 0.25) is 0 Å². The number of carboxylic acid groups (broad SMARTS) is 1. The Hall–Kier alpha value is -1.63. The molecule has 2 N–H and O–H groups in total. The number of allylic oxidation sites excluding steroid dienone is 2. The van der Waals surface area contributed by atoms with Crippen LogP contribution in [0, 0.1) is 18.8 Å². The minimum atomic E-state index is -0.925. The highest BCUT2D eigenvalue weighted by molar-refractivity contribution is 7.91. The summed E-state index contributed by atoms with van der Waals surface area (Å²) < 4.78 is 12.3. The van der Waals surface area contributed by atoms with Gasteiger partial charge in [0.1, 0.15) is 11.5 Å². The van der Waals surface area contributed by atoms with Gasteiger partial charge in [0.25, 0.3) is 0 Å². The number of hydrogen-bond acceptors (Lipinski definition) is 4. The van der Waals surface area contributed by atoms with Crippen molar-refractivity contribution < 1.29 is 24.4 Å². The van der Waals surface area contributed by atoms with Gasteiger partial charge in [-0.15, -0.1) is 0 Å². The van der Waals surface area contributed by atoms with E-state index in [0.717, 1.165) is 62.7 Å². The molecule has 1 aliphatic carbocycles. The third kappa shape index (κ3) is 10.4. The Morgan fingerprint density at radius 1 is 1.06 bits per heavy atom. The first-order valence-corrected chi connectivity index (χ1v) is 13.7. The number of aliphatic hydroxyl groups excluding tert-OH is 1. The Kier molecular flexibility index (Phi) is 12.8. The van der Waals surface area contributed by atoms with Gasteiger partial charge in [-0.1, -0.05) is 49.1 Å². The molecule has 1 aromatic carbocycles. The van der Waals surface area contributed by atoms with Crippen molar-refractivity contribution in [3.05, 3.63) is 42.0 Å². The normalized spacial score (nSPS) is 21.7. The Bertz CT molecular complexity index is 745. The maximum Gasteiger partial charge on any atom is 0.303 e. The van der Waals surface area contributed by atoms with Crippen molar-refractivity contribution in [2.45, 2.75) is 95.0 Å². The number of aryl methyl sites for hydroxylation is 1. The summed E-state index contributed by atoms with van der Waals surface area (Å²) in [4.78, 5) is 23.8. The fourth-order valence-electron chi connectivity index (χ4n) is 4.56. The monoisotopic (exact) mass is 476 g/mol. The molecule has 4 atom stereocenters. The maximum absolute atomic E-state index is 12.3. The summed E-state index contributed by atoms with van der Waals surface area (Å²) in [7, 11) is 0.